The van der Waals surface area contributed by atoms with Crippen molar-refractivity contribution >= 4 is 5.91 Å². The molecule has 2 fully saturated rings. The van der Waals surface area contributed by atoms with Gasteiger partial charge < -0.3 is 5.32 Å². The molecule has 5 heteroatoms. The Morgan fingerprint density at radius 3 is 2.26 bits per heavy atom. The minimum atomic E-state index is -2.47. The first-order valence-corrected chi connectivity index (χ1v) is 8.51. The van der Waals surface area contributed by atoms with Crippen LogP contribution in [0.1, 0.15) is 48.9 Å². The molecule has 1 aliphatic carbocycles. The van der Waals surface area contributed by atoms with Crippen molar-refractivity contribution in [3.05, 3.63) is 35.9 Å². The van der Waals surface area contributed by atoms with Crippen molar-refractivity contribution in [1.29, 1.82) is 0 Å². The lowest BCUT2D eigenvalue weighted by Crippen LogP contribution is -2.48. The zero-order chi connectivity index (χ0) is 16.3. The highest BCUT2D eigenvalue weighted by atomic mass is 19.3. The van der Waals surface area contributed by atoms with Crippen molar-refractivity contribution in [3.8, 4) is 0 Å². The standard InChI is InChI=1S/C18H24F2N2O/c19-18(20)10-12-22(13-11-18)16-8-6-15(7-9-16)21-17(23)14-4-2-1-3-5-14/h1-5,15-16H,6-13H2,(H,21,23). The first-order valence-electron chi connectivity index (χ1n) is 8.51. The molecule has 0 radical (unpaired) electrons. The molecule has 1 aliphatic heterocycles. The van der Waals surface area contributed by atoms with E-state index in [4.69, 9.17) is 0 Å². The van der Waals surface area contributed by atoms with E-state index in [2.05, 4.69) is 10.2 Å². The number of carbonyl (C=O) groups excluding carboxylic acids is 1. The molecule has 0 spiro atoms. The Morgan fingerprint density at radius 2 is 1.65 bits per heavy atom. The number of hydrogen-bond donors (Lipinski definition) is 1. The monoisotopic (exact) mass is 322 g/mol. The molecule has 2 aliphatic rings. The van der Waals surface area contributed by atoms with Crippen LogP contribution in [0, 0.1) is 0 Å². The summed E-state index contributed by atoms with van der Waals surface area (Å²) >= 11 is 0. The van der Waals surface area contributed by atoms with Gasteiger partial charge in [0.1, 0.15) is 0 Å². The van der Waals surface area contributed by atoms with Crippen LogP contribution in [0.4, 0.5) is 8.78 Å². The molecule has 1 heterocycles. The Balaban J connectivity index is 1.45. The van der Waals surface area contributed by atoms with Crippen LogP contribution in [0.5, 0.6) is 0 Å². The predicted molar refractivity (Wildman–Crippen MR) is 85.7 cm³/mol. The summed E-state index contributed by atoms with van der Waals surface area (Å²) in [6.45, 7) is 0.997. The molecule has 1 aromatic rings. The summed E-state index contributed by atoms with van der Waals surface area (Å²) in [6.07, 6.45) is 3.78. The average Bonchev–Trinajstić information content (AvgIpc) is 2.56. The molecule has 0 atom stereocenters. The van der Waals surface area contributed by atoms with E-state index in [9.17, 15) is 13.6 Å². The van der Waals surface area contributed by atoms with Gasteiger partial charge in [-0.1, -0.05) is 18.2 Å². The number of nitrogens with one attached hydrogen (secondary N) is 1. The van der Waals surface area contributed by atoms with E-state index < -0.39 is 5.92 Å². The number of alkyl halides is 2. The van der Waals surface area contributed by atoms with Gasteiger partial charge >= 0.3 is 0 Å². The first-order chi connectivity index (χ1) is 11.0. The summed E-state index contributed by atoms with van der Waals surface area (Å²) in [7, 11) is 0. The fraction of sp³-hybridized carbons (Fsp3) is 0.611. The fourth-order valence-corrected chi connectivity index (χ4v) is 3.66. The van der Waals surface area contributed by atoms with Crippen LogP contribution in [-0.4, -0.2) is 41.9 Å². The number of benzene rings is 1. The number of halogens is 2. The summed E-state index contributed by atoms with van der Waals surface area (Å²) in [6, 6.07) is 9.84. The quantitative estimate of drug-likeness (QED) is 0.924. The lowest BCUT2D eigenvalue weighted by molar-refractivity contribution is -0.0661. The molecule has 1 amide bonds. The lowest BCUT2D eigenvalue weighted by Gasteiger charge is -2.40. The molecule has 23 heavy (non-hydrogen) atoms. The van der Waals surface area contributed by atoms with E-state index in [1.54, 1.807) is 0 Å². The fourth-order valence-electron chi connectivity index (χ4n) is 3.66. The van der Waals surface area contributed by atoms with E-state index in [0.717, 1.165) is 25.7 Å². The number of rotatable bonds is 3. The maximum atomic E-state index is 13.2. The Bertz CT molecular complexity index is 517. The summed E-state index contributed by atoms with van der Waals surface area (Å²) in [4.78, 5) is 14.4. The molecular weight excluding hydrogens is 298 g/mol. The van der Waals surface area contributed by atoms with Crippen molar-refractivity contribution in [1.82, 2.24) is 10.2 Å². The van der Waals surface area contributed by atoms with Crippen molar-refractivity contribution in [2.45, 2.75) is 56.5 Å². The van der Waals surface area contributed by atoms with E-state index in [1.807, 2.05) is 30.3 Å². The van der Waals surface area contributed by atoms with Crippen LogP contribution in [-0.2, 0) is 0 Å². The van der Waals surface area contributed by atoms with Crippen LogP contribution in [0.25, 0.3) is 0 Å². The third-order valence-corrected chi connectivity index (χ3v) is 5.11. The highest BCUT2D eigenvalue weighted by Crippen LogP contribution is 2.32. The molecule has 3 nitrogen and oxygen atoms in total. The van der Waals surface area contributed by atoms with Gasteiger partial charge in [-0.05, 0) is 37.8 Å². The molecule has 0 bridgehead atoms. The second kappa shape index (κ2) is 6.95. The Hall–Kier alpha value is -1.49. The van der Waals surface area contributed by atoms with Crippen LogP contribution in [0.2, 0.25) is 0 Å². The van der Waals surface area contributed by atoms with Crippen molar-refractivity contribution in [3.63, 3.8) is 0 Å². The van der Waals surface area contributed by atoms with Crippen LogP contribution in [0.3, 0.4) is 0 Å². The van der Waals surface area contributed by atoms with E-state index >= 15 is 0 Å². The van der Waals surface area contributed by atoms with Crippen LogP contribution in [0.15, 0.2) is 30.3 Å². The highest BCUT2D eigenvalue weighted by Gasteiger charge is 2.37. The van der Waals surface area contributed by atoms with E-state index in [-0.39, 0.29) is 24.8 Å². The van der Waals surface area contributed by atoms with Gasteiger partial charge in [0.25, 0.3) is 11.8 Å². The van der Waals surface area contributed by atoms with Gasteiger partial charge in [-0.2, -0.15) is 0 Å². The van der Waals surface area contributed by atoms with Gasteiger partial charge in [0.05, 0.1) is 0 Å². The first kappa shape index (κ1) is 16.4. The Kier molecular flexibility index (Phi) is 4.95. The summed E-state index contributed by atoms with van der Waals surface area (Å²) in [5.41, 5.74) is 0.688. The molecule has 1 aromatic carbocycles. The molecule has 1 saturated carbocycles. The van der Waals surface area contributed by atoms with Crippen molar-refractivity contribution in [2.75, 3.05) is 13.1 Å². The van der Waals surface area contributed by atoms with Gasteiger partial charge in [-0.25, -0.2) is 8.78 Å². The maximum Gasteiger partial charge on any atom is 0.251 e. The van der Waals surface area contributed by atoms with E-state index in [0.29, 0.717) is 24.7 Å². The number of amides is 1. The summed E-state index contributed by atoms with van der Waals surface area (Å²) in [5.74, 6) is -2.50. The largest absolute Gasteiger partial charge is 0.349 e. The Morgan fingerprint density at radius 1 is 1.04 bits per heavy atom. The highest BCUT2D eigenvalue weighted by molar-refractivity contribution is 5.94. The minimum absolute atomic E-state index is 0.0162. The zero-order valence-corrected chi connectivity index (χ0v) is 13.3. The third-order valence-electron chi connectivity index (χ3n) is 5.11. The third kappa shape index (κ3) is 4.28. The smallest absolute Gasteiger partial charge is 0.251 e. The van der Waals surface area contributed by atoms with Gasteiger partial charge in [-0.3, -0.25) is 9.69 Å². The van der Waals surface area contributed by atoms with Gasteiger partial charge in [0.2, 0.25) is 0 Å². The number of likely N-dealkylation sites (tertiary alicyclic amines) is 1. The number of carbonyl (C=O) groups is 1. The zero-order valence-electron chi connectivity index (χ0n) is 13.3. The van der Waals surface area contributed by atoms with Crippen molar-refractivity contribution in [2.24, 2.45) is 0 Å². The molecule has 126 valence electrons. The van der Waals surface area contributed by atoms with Gasteiger partial charge in [0.15, 0.2) is 0 Å². The number of piperidine rings is 1. The Labute approximate surface area is 136 Å². The molecular formula is C18H24F2N2O. The lowest BCUT2D eigenvalue weighted by atomic mass is 9.88. The van der Waals surface area contributed by atoms with Crippen molar-refractivity contribution < 1.29 is 13.6 Å². The molecule has 3 rings (SSSR count). The number of hydrogen-bond acceptors (Lipinski definition) is 2. The molecule has 0 unspecified atom stereocenters. The van der Waals surface area contributed by atoms with Crippen LogP contribution >= 0.6 is 0 Å². The average molecular weight is 322 g/mol. The molecule has 0 aromatic heterocycles. The van der Waals surface area contributed by atoms with Gasteiger partial charge in [0, 0.05) is 43.6 Å². The molecule has 1 N–H and O–H groups in total. The topological polar surface area (TPSA) is 32.3 Å². The van der Waals surface area contributed by atoms with E-state index in [1.165, 1.54) is 0 Å². The normalized spacial score (nSPS) is 28.3. The minimum Gasteiger partial charge on any atom is -0.349 e. The SMILES string of the molecule is O=C(NC1CCC(N2CCC(F)(F)CC2)CC1)c1ccccc1. The maximum absolute atomic E-state index is 13.2. The summed E-state index contributed by atoms with van der Waals surface area (Å²) < 4.78 is 26.5. The number of nitrogens with zero attached hydrogens (tertiary/aromatic N) is 1. The molecule has 1 saturated heterocycles. The second-order valence-corrected chi connectivity index (χ2v) is 6.74. The van der Waals surface area contributed by atoms with Gasteiger partial charge in [-0.15, -0.1) is 0 Å². The second-order valence-electron chi connectivity index (χ2n) is 6.74. The predicted octanol–water partition coefficient (Wildman–Crippen LogP) is 3.46. The summed E-state index contributed by atoms with van der Waals surface area (Å²) in [5, 5.41) is 3.09. The van der Waals surface area contributed by atoms with Crippen LogP contribution < -0.4 is 5.32 Å².